The topological polar surface area (TPSA) is 0 Å². The van der Waals surface area contributed by atoms with Crippen LogP contribution < -0.4 is 29.6 Å². The molecular formula is C2H7NaS. The Hall–Kier alpha value is 1.35. The van der Waals surface area contributed by atoms with Crippen LogP contribution in [0.3, 0.4) is 0 Å². The molecule has 0 heterocycles. The van der Waals surface area contributed by atoms with E-state index in [-0.39, 0.29) is 31.0 Å². The van der Waals surface area contributed by atoms with Crippen LogP contribution in [0.2, 0.25) is 0 Å². The van der Waals surface area contributed by atoms with Gasteiger partial charge >= 0.3 is 29.6 Å². The first-order chi connectivity index (χ1) is 1.41. The Morgan fingerprint density at radius 1 is 2.00 bits per heavy atom. The first kappa shape index (κ1) is 9.02. The molecule has 4 heavy (non-hydrogen) atoms. The van der Waals surface area contributed by atoms with Crippen molar-refractivity contribution < 1.29 is 31.0 Å². The Morgan fingerprint density at radius 2 is 2.00 bits per heavy atom. The molecular weight excluding hydrogens is 79.1 g/mol. The molecule has 0 N–H and O–H groups in total. The predicted molar refractivity (Wildman–Crippen MR) is 20.6 cm³/mol. The molecule has 0 nitrogen and oxygen atoms in total. The van der Waals surface area contributed by atoms with Crippen molar-refractivity contribution in [2.24, 2.45) is 0 Å². The molecule has 0 spiro atoms. The third kappa shape index (κ3) is 10.2. The van der Waals surface area contributed by atoms with Gasteiger partial charge in [-0.15, -0.1) is 0 Å². The summed E-state index contributed by atoms with van der Waals surface area (Å²) >= 11 is 3.79. The zero-order chi connectivity index (χ0) is 2.71. The molecule has 0 amide bonds. The van der Waals surface area contributed by atoms with E-state index in [4.69, 9.17) is 0 Å². The van der Waals surface area contributed by atoms with Gasteiger partial charge in [0.25, 0.3) is 0 Å². The van der Waals surface area contributed by atoms with E-state index in [1.165, 1.54) is 0 Å². The summed E-state index contributed by atoms with van der Waals surface area (Å²) in [5.41, 5.74) is 0. The average molecular weight is 86.1 g/mol. The van der Waals surface area contributed by atoms with Crippen molar-refractivity contribution in [3.63, 3.8) is 0 Å². The summed E-state index contributed by atoms with van der Waals surface area (Å²) in [6.45, 7) is 1.99. The molecule has 0 aliphatic rings. The molecule has 0 aliphatic heterocycles. The van der Waals surface area contributed by atoms with Gasteiger partial charge in [0.1, 0.15) is 0 Å². The van der Waals surface area contributed by atoms with Crippen LogP contribution in [0, 0.1) is 0 Å². The van der Waals surface area contributed by atoms with Gasteiger partial charge in [0.15, 0.2) is 0 Å². The minimum atomic E-state index is 0. The normalized spacial score (nSPS) is 4.50. The minimum absolute atomic E-state index is 0. The van der Waals surface area contributed by atoms with Crippen molar-refractivity contribution in [3.05, 3.63) is 0 Å². The molecule has 0 aliphatic carbocycles. The number of hydrogen-bond donors (Lipinski definition) is 1. The second kappa shape index (κ2) is 8.84. The SMILES string of the molecule is CCS.[H-].[Na+]. The maximum atomic E-state index is 3.79. The first-order valence-corrected chi connectivity index (χ1v) is 1.66. The fourth-order valence-corrected chi connectivity index (χ4v) is 0. The molecule has 2 heteroatoms. The Labute approximate surface area is 56.2 Å². The van der Waals surface area contributed by atoms with Gasteiger partial charge in [-0.1, -0.05) is 6.92 Å². The maximum absolute atomic E-state index is 3.79. The van der Waals surface area contributed by atoms with Crippen molar-refractivity contribution in [1.82, 2.24) is 0 Å². The van der Waals surface area contributed by atoms with Crippen LogP contribution in [0.15, 0.2) is 0 Å². The van der Waals surface area contributed by atoms with E-state index in [0.717, 1.165) is 5.75 Å². The standard InChI is InChI=1S/C2H6S.Na.H/c1-2-3;;/h3H,2H2,1H3;;/q;+1;-1. The van der Waals surface area contributed by atoms with Crippen LogP contribution in [0.25, 0.3) is 0 Å². The second-order valence-electron chi connectivity index (χ2n) is 0.316. The molecule has 0 aromatic rings. The number of thiol groups is 1. The molecule has 0 rings (SSSR count). The summed E-state index contributed by atoms with van der Waals surface area (Å²) in [7, 11) is 0. The molecule has 0 saturated heterocycles. The third-order valence-corrected chi connectivity index (χ3v) is 0. The van der Waals surface area contributed by atoms with Gasteiger partial charge in [0, 0.05) is 0 Å². The number of hydrogen-bond acceptors (Lipinski definition) is 1. The molecule has 0 aromatic carbocycles. The van der Waals surface area contributed by atoms with Crippen LogP contribution in [-0.2, 0) is 0 Å². The van der Waals surface area contributed by atoms with E-state index < -0.39 is 0 Å². The van der Waals surface area contributed by atoms with Gasteiger partial charge < -0.3 is 1.43 Å². The van der Waals surface area contributed by atoms with Gasteiger partial charge in [-0.3, -0.25) is 0 Å². The average Bonchev–Trinajstić information content (AvgIpc) is 0.918. The molecule has 0 fully saturated rings. The fourth-order valence-electron chi connectivity index (χ4n) is 0. The zero-order valence-electron chi connectivity index (χ0n) is 4.15. The summed E-state index contributed by atoms with van der Waals surface area (Å²) in [5, 5.41) is 0. The zero-order valence-corrected chi connectivity index (χ0v) is 6.05. The van der Waals surface area contributed by atoms with E-state index >= 15 is 0 Å². The van der Waals surface area contributed by atoms with Gasteiger partial charge in [-0.2, -0.15) is 12.6 Å². The van der Waals surface area contributed by atoms with E-state index in [0.29, 0.717) is 0 Å². The molecule has 0 atom stereocenters. The van der Waals surface area contributed by atoms with Crippen LogP contribution in [0.5, 0.6) is 0 Å². The Bertz CT molecular complexity index is 9.61. The maximum Gasteiger partial charge on any atom is 1.00 e. The third-order valence-electron chi connectivity index (χ3n) is 0. The molecule has 22 valence electrons. The van der Waals surface area contributed by atoms with Crippen molar-refractivity contribution >= 4 is 12.6 Å². The Balaban J connectivity index is -0.0000000200. The molecule has 0 radical (unpaired) electrons. The van der Waals surface area contributed by atoms with Crippen LogP contribution in [0.1, 0.15) is 8.35 Å². The van der Waals surface area contributed by atoms with E-state index in [1.807, 2.05) is 6.92 Å². The predicted octanol–water partition coefficient (Wildman–Crippen LogP) is -1.95. The van der Waals surface area contributed by atoms with Gasteiger partial charge in [-0.25, -0.2) is 0 Å². The summed E-state index contributed by atoms with van der Waals surface area (Å²) in [6.07, 6.45) is 0. The van der Waals surface area contributed by atoms with Gasteiger partial charge in [0.2, 0.25) is 0 Å². The van der Waals surface area contributed by atoms with Crippen LogP contribution in [-0.4, -0.2) is 5.75 Å². The first-order valence-electron chi connectivity index (χ1n) is 1.02. The van der Waals surface area contributed by atoms with Crippen molar-refractivity contribution in [2.45, 2.75) is 6.92 Å². The monoisotopic (exact) mass is 86.0 g/mol. The number of rotatable bonds is 0. The van der Waals surface area contributed by atoms with Crippen LogP contribution >= 0.6 is 12.6 Å². The second-order valence-corrected chi connectivity index (χ2v) is 0.949. The molecule has 0 saturated carbocycles. The van der Waals surface area contributed by atoms with Gasteiger partial charge in [0.05, 0.1) is 0 Å². The van der Waals surface area contributed by atoms with E-state index in [9.17, 15) is 0 Å². The quantitative estimate of drug-likeness (QED) is 0.257. The van der Waals surface area contributed by atoms with Crippen LogP contribution in [0.4, 0.5) is 0 Å². The summed E-state index contributed by atoms with van der Waals surface area (Å²) < 4.78 is 0. The largest absolute Gasteiger partial charge is 1.00 e. The summed E-state index contributed by atoms with van der Waals surface area (Å²) in [5.74, 6) is 0.944. The van der Waals surface area contributed by atoms with Crippen molar-refractivity contribution in [3.8, 4) is 0 Å². The van der Waals surface area contributed by atoms with E-state index in [2.05, 4.69) is 12.6 Å². The Kier molecular flexibility index (Phi) is 19.9. The molecule has 0 bridgehead atoms. The summed E-state index contributed by atoms with van der Waals surface area (Å²) in [4.78, 5) is 0. The van der Waals surface area contributed by atoms with Crippen molar-refractivity contribution in [1.29, 1.82) is 0 Å². The fraction of sp³-hybridized carbons (Fsp3) is 1.00. The minimum Gasteiger partial charge on any atom is -1.00 e. The van der Waals surface area contributed by atoms with Crippen molar-refractivity contribution in [2.75, 3.05) is 5.75 Å². The molecule has 0 aromatic heterocycles. The van der Waals surface area contributed by atoms with E-state index in [1.54, 1.807) is 0 Å². The summed E-state index contributed by atoms with van der Waals surface area (Å²) in [6, 6.07) is 0. The smallest absolute Gasteiger partial charge is 1.00 e. The van der Waals surface area contributed by atoms with Gasteiger partial charge in [-0.05, 0) is 5.75 Å². The Morgan fingerprint density at radius 3 is 2.00 bits per heavy atom. The molecule has 0 unspecified atom stereocenters.